The van der Waals surface area contributed by atoms with Gasteiger partial charge in [0.05, 0.1) is 11.1 Å². The highest BCUT2D eigenvalue weighted by Gasteiger charge is 2.25. The molecule has 0 saturated carbocycles. The molecule has 1 amide bonds. The SMILES string of the molecule is O=C(COC(=O)c1c2c(nc3ccccc13)CCC2)Nc1ccc(N2CCCCC2)cc1. The van der Waals surface area contributed by atoms with Crippen molar-refractivity contribution in [1.82, 2.24) is 4.98 Å². The van der Waals surface area contributed by atoms with E-state index in [0.717, 1.165) is 54.5 Å². The third kappa shape index (κ3) is 4.17. The largest absolute Gasteiger partial charge is 0.452 e. The maximum atomic E-state index is 13.0. The number of ether oxygens (including phenoxy) is 1. The van der Waals surface area contributed by atoms with E-state index in [0.29, 0.717) is 11.3 Å². The van der Waals surface area contributed by atoms with Crippen molar-refractivity contribution < 1.29 is 14.3 Å². The fraction of sp³-hybridized carbons (Fsp3) is 0.346. The summed E-state index contributed by atoms with van der Waals surface area (Å²) < 4.78 is 5.43. The smallest absolute Gasteiger partial charge is 0.339 e. The molecule has 1 aromatic heterocycles. The zero-order valence-electron chi connectivity index (χ0n) is 18.1. The molecule has 6 heteroatoms. The van der Waals surface area contributed by atoms with Gasteiger partial charge >= 0.3 is 5.97 Å². The van der Waals surface area contributed by atoms with E-state index in [-0.39, 0.29) is 12.5 Å². The van der Waals surface area contributed by atoms with Gasteiger partial charge in [-0.25, -0.2) is 4.79 Å². The van der Waals surface area contributed by atoms with Gasteiger partial charge in [0.25, 0.3) is 5.91 Å². The molecule has 32 heavy (non-hydrogen) atoms. The van der Waals surface area contributed by atoms with Gasteiger partial charge in [-0.05, 0) is 74.4 Å². The van der Waals surface area contributed by atoms with E-state index in [2.05, 4.69) is 10.2 Å². The second-order valence-corrected chi connectivity index (χ2v) is 8.50. The Kier molecular flexibility index (Phi) is 5.75. The number of aryl methyl sites for hydroxylation is 1. The quantitative estimate of drug-likeness (QED) is 0.604. The molecule has 5 rings (SSSR count). The van der Waals surface area contributed by atoms with Crippen LogP contribution in [0.5, 0.6) is 0 Å². The van der Waals surface area contributed by atoms with Crippen molar-refractivity contribution in [3.63, 3.8) is 0 Å². The molecule has 0 unspecified atom stereocenters. The maximum Gasteiger partial charge on any atom is 0.339 e. The van der Waals surface area contributed by atoms with E-state index < -0.39 is 5.97 Å². The average Bonchev–Trinajstić information content (AvgIpc) is 3.30. The molecular weight excluding hydrogens is 402 g/mol. The van der Waals surface area contributed by atoms with Crippen molar-refractivity contribution in [2.45, 2.75) is 38.5 Å². The van der Waals surface area contributed by atoms with Crippen LogP contribution in [-0.2, 0) is 22.4 Å². The van der Waals surface area contributed by atoms with Crippen molar-refractivity contribution in [3.8, 4) is 0 Å². The summed E-state index contributed by atoms with van der Waals surface area (Å²) in [4.78, 5) is 32.5. The molecular formula is C26H27N3O3. The Labute approximate surface area is 187 Å². The first kappa shape index (κ1) is 20.5. The van der Waals surface area contributed by atoms with Crippen LogP contribution in [-0.4, -0.2) is 36.6 Å². The lowest BCUT2D eigenvalue weighted by Gasteiger charge is -2.28. The summed E-state index contributed by atoms with van der Waals surface area (Å²) in [6.07, 6.45) is 6.40. The fourth-order valence-corrected chi connectivity index (χ4v) is 4.75. The zero-order chi connectivity index (χ0) is 21.9. The molecule has 0 bridgehead atoms. The number of aromatic nitrogens is 1. The molecule has 3 aromatic rings. The molecule has 0 atom stereocenters. The number of nitrogens with one attached hydrogen (secondary N) is 1. The van der Waals surface area contributed by atoms with Gasteiger partial charge in [-0.15, -0.1) is 0 Å². The Hall–Kier alpha value is -3.41. The minimum atomic E-state index is -0.461. The summed E-state index contributed by atoms with van der Waals surface area (Å²) in [7, 11) is 0. The van der Waals surface area contributed by atoms with Gasteiger partial charge in [0.1, 0.15) is 0 Å². The first-order valence-corrected chi connectivity index (χ1v) is 11.4. The van der Waals surface area contributed by atoms with Crippen LogP contribution in [0, 0.1) is 0 Å². The third-order valence-electron chi connectivity index (χ3n) is 6.33. The minimum Gasteiger partial charge on any atom is -0.452 e. The molecule has 0 radical (unpaired) electrons. The number of fused-ring (bicyclic) bond motifs is 2. The van der Waals surface area contributed by atoms with Crippen molar-refractivity contribution >= 4 is 34.2 Å². The van der Waals surface area contributed by atoms with Gasteiger partial charge in [0.2, 0.25) is 0 Å². The van der Waals surface area contributed by atoms with Crippen LogP contribution in [0.1, 0.15) is 47.3 Å². The molecule has 1 aliphatic carbocycles. The number of piperidine rings is 1. The summed E-state index contributed by atoms with van der Waals surface area (Å²) in [6.45, 7) is 1.84. The molecule has 2 heterocycles. The normalized spacial score (nSPS) is 15.4. The second kappa shape index (κ2) is 8.99. The van der Waals surface area contributed by atoms with Gasteiger partial charge in [-0.1, -0.05) is 18.2 Å². The number of hydrogen-bond donors (Lipinski definition) is 1. The van der Waals surface area contributed by atoms with Crippen molar-refractivity contribution in [2.24, 2.45) is 0 Å². The summed E-state index contributed by atoms with van der Waals surface area (Å²) in [5.74, 6) is -0.809. The number of carbonyl (C=O) groups is 2. The van der Waals surface area contributed by atoms with E-state index in [1.807, 2.05) is 48.5 Å². The standard InChI is InChI=1S/C26H27N3O3/c30-24(27-18-11-13-19(14-12-18)29-15-4-1-5-16-29)17-32-26(31)25-20-7-2-3-9-22(20)28-23-10-6-8-21(23)25/h2-3,7,9,11-14H,1,4-6,8,10,15-17H2,(H,27,30). The van der Waals surface area contributed by atoms with Crippen LogP contribution in [0.3, 0.4) is 0 Å². The van der Waals surface area contributed by atoms with E-state index >= 15 is 0 Å². The Morgan fingerprint density at radius 3 is 2.53 bits per heavy atom. The Morgan fingerprint density at radius 1 is 0.938 bits per heavy atom. The summed E-state index contributed by atoms with van der Waals surface area (Å²) >= 11 is 0. The fourth-order valence-electron chi connectivity index (χ4n) is 4.75. The van der Waals surface area contributed by atoms with Crippen LogP contribution in [0.25, 0.3) is 10.9 Å². The number of hydrogen-bond acceptors (Lipinski definition) is 5. The van der Waals surface area contributed by atoms with E-state index in [4.69, 9.17) is 9.72 Å². The van der Waals surface area contributed by atoms with Crippen LogP contribution in [0.15, 0.2) is 48.5 Å². The number of anilines is 2. The lowest BCUT2D eigenvalue weighted by atomic mass is 10.0. The number of carbonyl (C=O) groups excluding carboxylic acids is 2. The monoisotopic (exact) mass is 429 g/mol. The number of esters is 1. The molecule has 1 saturated heterocycles. The highest BCUT2D eigenvalue weighted by atomic mass is 16.5. The van der Waals surface area contributed by atoms with Gasteiger partial charge < -0.3 is 15.0 Å². The molecule has 6 nitrogen and oxygen atoms in total. The van der Waals surface area contributed by atoms with Crippen LogP contribution < -0.4 is 10.2 Å². The van der Waals surface area contributed by atoms with Gasteiger partial charge in [-0.2, -0.15) is 0 Å². The summed E-state index contributed by atoms with van der Waals surface area (Å²) in [6, 6.07) is 15.4. The molecule has 2 aromatic carbocycles. The first-order chi connectivity index (χ1) is 15.7. The number of para-hydroxylation sites is 1. The number of benzene rings is 2. The second-order valence-electron chi connectivity index (χ2n) is 8.50. The number of amides is 1. The lowest BCUT2D eigenvalue weighted by Crippen LogP contribution is -2.29. The Balaban J connectivity index is 1.24. The zero-order valence-corrected chi connectivity index (χ0v) is 18.1. The van der Waals surface area contributed by atoms with Gasteiger partial charge in [0, 0.05) is 35.5 Å². The minimum absolute atomic E-state index is 0.321. The topological polar surface area (TPSA) is 71.5 Å². The predicted octanol–water partition coefficient (Wildman–Crippen LogP) is 4.51. The predicted molar refractivity (Wildman–Crippen MR) is 125 cm³/mol. The van der Waals surface area contributed by atoms with Crippen molar-refractivity contribution in [2.75, 3.05) is 29.9 Å². The van der Waals surface area contributed by atoms with E-state index in [1.165, 1.54) is 24.9 Å². The maximum absolute atomic E-state index is 13.0. The molecule has 0 spiro atoms. The van der Waals surface area contributed by atoms with E-state index in [9.17, 15) is 9.59 Å². The third-order valence-corrected chi connectivity index (χ3v) is 6.33. The summed E-state index contributed by atoms with van der Waals surface area (Å²) in [5, 5.41) is 3.61. The molecule has 164 valence electrons. The Morgan fingerprint density at radius 2 is 1.72 bits per heavy atom. The highest BCUT2D eigenvalue weighted by Crippen LogP contribution is 2.30. The molecule has 1 N–H and O–H groups in total. The van der Waals surface area contributed by atoms with Crippen LogP contribution >= 0.6 is 0 Å². The van der Waals surface area contributed by atoms with E-state index in [1.54, 1.807) is 0 Å². The van der Waals surface area contributed by atoms with Crippen molar-refractivity contribution in [3.05, 3.63) is 65.4 Å². The van der Waals surface area contributed by atoms with Crippen LogP contribution in [0.4, 0.5) is 11.4 Å². The lowest BCUT2D eigenvalue weighted by molar-refractivity contribution is -0.119. The highest BCUT2D eigenvalue weighted by molar-refractivity contribution is 6.06. The number of nitrogens with zero attached hydrogens (tertiary/aromatic N) is 2. The molecule has 1 aliphatic heterocycles. The summed E-state index contributed by atoms with van der Waals surface area (Å²) in [5.41, 5.74) is 5.14. The molecule has 2 aliphatic rings. The number of pyridine rings is 1. The van der Waals surface area contributed by atoms with Gasteiger partial charge in [0.15, 0.2) is 6.61 Å². The van der Waals surface area contributed by atoms with Gasteiger partial charge in [-0.3, -0.25) is 9.78 Å². The number of rotatable bonds is 5. The van der Waals surface area contributed by atoms with Crippen LogP contribution in [0.2, 0.25) is 0 Å². The molecule has 1 fully saturated rings. The average molecular weight is 430 g/mol. The first-order valence-electron chi connectivity index (χ1n) is 11.4. The Bertz CT molecular complexity index is 1150. The van der Waals surface area contributed by atoms with Crippen molar-refractivity contribution in [1.29, 1.82) is 0 Å².